The highest BCUT2D eigenvalue weighted by Crippen LogP contribution is 2.14. The van der Waals surface area contributed by atoms with Crippen LogP contribution in [0.25, 0.3) is 0 Å². The van der Waals surface area contributed by atoms with Crippen molar-refractivity contribution in [2.24, 2.45) is 5.41 Å². The SMILES string of the molecule is CCS(=O)(=O)N1CCC(NC(=O)CNC(=O)C(C)(C)C)CC1. The molecule has 1 heterocycles. The minimum absolute atomic E-state index is 0.0395. The summed E-state index contributed by atoms with van der Waals surface area (Å²) in [6.07, 6.45) is 1.19. The van der Waals surface area contributed by atoms with E-state index in [1.165, 1.54) is 4.31 Å². The van der Waals surface area contributed by atoms with Crippen molar-refractivity contribution in [1.82, 2.24) is 14.9 Å². The molecule has 1 aliphatic rings. The predicted octanol–water partition coefficient (Wildman–Crippen LogP) is 0.0790. The van der Waals surface area contributed by atoms with Crippen LogP contribution in [0.15, 0.2) is 0 Å². The molecule has 1 fully saturated rings. The first-order valence-electron chi connectivity index (χ1n) is 7.61. The zero-order valence-corrected chi connectivity index (χ0v) is 14.6. The van der Waals surface area contributed by atoms with E-state index in [4.69, 9.17) is 0 Å². The van der Waals surface area contributed by atoms with Crippen LogP contribution in [0, 0.1) is 5.41 Å². The minimum atomic E-state index is -3.15. The van der Waals surface area contributed by atoms with Gasteiger partial charge in [-0.1, -0.05) is 20.8 Å². The Kier molecular flexibility index (Phi) is 6.37. The summed E-state index contributed by atoms with van der Waals surface area (Å²) in [6, 6.07) is -0.0395. The van der Waals surface area contributed by atoms with Gasteiger partial charge in [-0.25, -0.2) is 12.7 Å². The normalized spacial score (nSPS) is 18.0. The van der Waals surface area contributed by atoms with Gasteiger partial charge in [-0.2, -0.15) is 0 Å². The van der Waals surface area contributed by atoms with Crippen LogP contribution in [-0.2, 0) is 19.6 Å². The van der Waals surface area contributed by atoms with Gasteiger partial charge >= 0.3 is 0 Å². The molecule has 2 amide bonds. The van der Waals surface area contributed by atoms with E-state index in [0.717, 1.165) is 0 Å². The number of hydrogen-bond acceptors (Lipinski definition) is 4. The first kappa shape index (κ1) is 18.9. The highest BCUT2D eigenvalue weighted by Gasteiger charge is 2.27. The molecule has 0 radical (unpaired) electrons. The van der Waals surface area contributed by atoms with Gasteiger partial charge in [0.15, 0.2) is 0 Å². The number of piperidine rings is 1. The van der Waals surface area contributed by atoms with Gasteiger partial charge in [-0.3, -0.25) is 9.59 Å². The van der Waals surface area contributed by atoms with Crippen LogP contribution >= 0.6 is 0 Å². The van der Waals surface area contributed by atoms with Crippen LogP contribution in [0.1, 0.15) is 40.5 Å². The molecule has 1 aliphatic heterocycles. The number of hydrogen-bond donors (Lipinski definition) is 2. The largest absolute Gasteiger partial charge is 0.352 e. The second-order valence-corrected chi connectivity index (χ2v) is 8.83. The number of carbonyl (C=O) groups excluding carboxylic acids is 2. The second-order valence-electron chi connectivity index (χ2n) is 6.57. The molecule has 22 heavy (non-hydrogen) atoms. The second kappa shape index (κ2) is 7.41. The monoisotopic (exact) mass is 333 g/mol. The topological polar surface area (TPSA) is 95.6 Å². The molecule has 0 saturated carbocycles. The van der Waals surface area contributed by atoms with Crippen LogP contribution in [0.2, 0.25) is 0 Å². The van der Waals surface area contributed by atoms with Gasteiger partial charge in [0.25, 0.3) is 0 Å². The lowest BCUT2D eigenvalue weighted by molar-refractivity contribution is -0.131. The molecule has 8 heteroatoms. The fourth-order valence-corrected chi connectivity index (χ4v) is 3.30. The summed E-state index contributed by atoms with van der Waals surface area (Å²) in [6.45, 7) is 7.77. The summed E-state index contributed by atoms with van der Waals surface area (Å²) >= 11 is 0. The molecule has 0 aliphatic carbocycles. The molecule has 0 aromatic carbocycles. The Morgan fingerprint density at radius 3 is 2.18 bits per heavy atom. The Labute approximate surface area is 132 Å². The molecule has 7 nitrogen and oxygen atoms in total. The van der Waals surface area contributed by atoms with Crippen molar-refractivity contribution >= 4 is 21.8 Å². The zero-order valence-electron chi connectivity index (χ0n) is 13.8. The fraction of sp³-hybridized carbons (Fsp3) is 0.857. The van der Waals surface area contributed by atoms with E-state index in [0.29, 0.717) is 25.9 Å². The molecule has 0 unspecified atom stereocenters. The molecule has 128 valence electrons. The Morgan fingerprint density at radius 1 is 1.18 bits per heavy atom. The van der Waals surface area contributed by atoms with Crippen molar-refractivity contribution in [3.05, 3.63) is 0 Å². The van der Waals surface area contributed by atoms with Crippen LogP contribution in [0.4, 0.5) is 0 Å². The summed E-state index contributed by atoms with van der Waals surface area (Å²) in [4.78, 5) is 23.5. The third-order valence-electron chi connectivity index (χ3n) is 3.67. The summed E-state index contributed by atoms with van der Waals surface area (Å²) in [5.41, 5.74) is -0.528. The highest BCUT2D eigenvalue weighted by atomic mass is 32.2. The summed E-state index contributed by atoms with van der Waals surface area (Å²) in [7, 11) is -3.15. The van der Waals surface area contributed by atoms with Gasteiger partial charge in [0, 0.05) is 24.5 Å². The number of sulfonamides is 1. The van der Waals surface area contributed by atoms with E-state index < -0.39 is 15.4 Å². The lowest BCUT2D eigenvalue weighted by Crippen LogP contribution is -2.49. The average Bonchev–Trinajstić information content (AvgIpc) is 2.44. The van der Waals surface area contributed by atoms with Crippen LogP contribution in [-0.4, -0.2) is 56.0 Å². The molecule has 0 spiro atoms. The molecule has 0 atom stereocenters. The van der Waals surface area contributed by atoms with Crippen molar-refractivity contribution in [3.8, 4) is 0 Å². The average molecular weight is 333 g/mol. The molecular weight excluding hydrogens is 306 g/mol. The smallest absolute Gasteiger partial charge is 0.239 e. The van der Waals surface area contributed by atoms with E-state index in [-0.39, 0.29) is 30.2 Å². The number of rotatable bonds is 5. The molecule has 1 saturated heterocycles. The minimum Gasteiger partial charge on any atom is -0.352 e. The van der Waals surface area contributed by atoms with E-state index in [2.05, 4.69) is 10.6 Å². The Balaban J connectivity index is 2.35. The van der Waals surface area contributed by atoms with Gasteiger partial charge in [0.2, 0.25) is 21.8 Å². The summed E-state index contributed by atoms with van der Waals surface area (Å²) in [5.74, 6) is -0.316. The zero-order chi connectivity index (χ0) is 17.0. The quantitative estimate of drug-likeness (QED) is 0.745. The van der Waals surface area contributed by atoms with Crippen LogP contribution in [0.5, 0.6) is 0 Å². The Bertz CT molecular complexity index is 503. The molecular formula is C14H27N3O4S. The van der Waals surface area contributed by atoms with Gasteiger partial charge in [0.05, 0.1) is 12.3 Å². The van der Waals surface area contributed by atoms with Gasteiger partial charge in [0.1, 0.15) is 0 Å². The van der Waals surface area contributed by atoms with Crippen molar-refractivity contribution in [2.45, 2.75) is 46.6 Å². The van der Waals surface area contributed by atoms with Crippen molar-refractivity contribution in [1.29, 1.82) is 0 Å². The van der Waals surface area contributed by atoms with E-state index >= 15 is 0 Å². The molecule has 2 N–H and O–H groups in total. The van der Waals surface area contributed by atoms with E-state index in [1.54, 1.807) is 27.7 Å². The maximum Gasteiger partial charge on any atom is 0.239 e. The van der Waals surface area contributed by atoms with Crippen molar-refractivity contribution in [3.63, 3.8) is 0 Å². The Morgan fingerprint density at radius 2 is 1.73 bits per heavy atom. The highest BCUT2D eigenvalue weighted by molar-refractivity contribution is 7.89. The molecule has 0 aromatic rings. The maximum absolute atomic E-state index is 11.8. The number of nitrogens with zero attached hydrogens (tertiary/aromatic N) is 1. The van der Waals surface area contributed by atoms with Crippen LogP contribution in [0.3, 0.4) is 0 Å². The molecule has 0 bridgehead atoms. The van der Waals surface area contributed by atoms with Gasteiger partial charge < -0.3 is 10.6 Å². The maximum atomic E-state index is 11.8. The number of carbonyl (C=O) groups is 2. The van der Waals surface area contributed by atoms with Crippen molar-refractivity contribution < 1.29 is 18.0 Å². The summed E-state index contributed by atoms with van der Waals surface area (Å²) in [5, 5.41) is 5.44. The van der Waals surface area contributed by atoms with Gasteiger partial charge in [-0.05, 0) is 19.8 Å². The molecule has 0 aromatic heterocycles. The fourth-order valence-electron chi connectivity index (χ4n) is 2.17. The van der Waals surface area contributed by atoms with Crippen molar-refractivity contribution in [2.75, 3.05) is 25.4 Å². The lowest BCUT2D eigenvalue weighted by Gasteiger charge is -2.31. The van der Waals surface area contributed by atoms with E-state index in [1.807, 2.05) is 0 Å². The van der Waals surface area contributed by atoms with E-state index in [9.17, 15) is 18.0 Å². The first-order chi connectivity index (χ1) is 10.1. The number of nitrogens with one attached hydrogen (secondary N) is 2. The third-order valence-corrected chi connectivity index (χ3v) is 5.55. The van der Waals surface area contributed by atoms with Crippen LogP contribution < -0.4 is 10.6 Å². The van der Waals surface area contributed by atoms with Gasteiger partial charge in [-0.15, -0.1) is 0 Å². The lowest BCUT2D eigenvalue weighted by atomic mass is 9.96. The molecule has 1 rings (SSSR count). The Hall–Kier alpha value is -1.15. The standard InChI is InChI=1S/C14H27N3O4S/c1-5-22(20,21)17-8-6-11(7-9-17)16-12(18)10-15-13(19)14(2,3)4/h11H,5-10H2,1-4H3,(H,15,19)(H,16,18). The third kappa shape index (κ3) is 5.57. The number of amides is 2. The first-order valence-corrected chi connectivity index (χ1v) is 9.22. The summed E-state index contributed by atoms with van der Waals surface area (Å²) < 4.78 is 25.0. The predicted molar refractivity (Wildman–Crippen MR) is 84.7 cm³/mol.